The molecule has 0 aliphatic heterocycles. The molecule has 0 heterocycles. The van der Waals surface area contributed by atoms with Crippen LogP contribution >= 0.6 is 0 Å². The average Bonchev–Trinajstić information content (AvgIpc) is 2.61. The molecule has 0 aliphatic rings. The summed E-state index contributed by atoms with van der Waals surface area (Å²) in [5, 5.41) is 2.79. The van der Waals surface area contributed by atoms with Gasteiger partial charge in [-0.05, 0) is 31.3 Å². The first-order valence-electron chi connectivity index (χ1n) is 8.15. The molecule has 0 atom stereocenters. The second-order valence-electron chi connectivity index (χ2n) is 5.53. The molecule has 0 saturated heterocycles. The van der Waals surface area contributed by atoms with E-state index < -0.39 is 0 Å². The van der Waals surface area contributed by atoms with Crippen LogP contribution in [0.25, 0.3) is 0 Å². The quantitative estimate of drug-likeness (QED) is 0.671. The smallest absolute Gasteiger partial charge is 0.234 e. The molecule has 6 heteroatoms. The minimum Gasteiger partial charge on any atom is -0.492 e. The second kappa shape index (κ2) is 10.3. The third kappa shape index (κ3) is 7.22. The van der Waals surface area contributed by atoms with Crippen LogP contribution in [0.2, 0.25) is 0 Å². The van der Waals surface area contributed by atoms with Crippen LogP contribution in [0.3, 0.4) is 0 Å². The zero-order valence-corrected chi connectivity index (χ0v) is 14.3. The van der Waals surface area contributed by atoms with Gasteiger partial charge < -0.3 is 14.8 Å². The van der Waals surface area contributed by atoms with Crippen molar-refractivity contribution in [2.45, 2.75) is 0 Å². The molecule has 0 spiro atoms. The zero-order chi connectivity index (χ0) is 17.9. The molecular formula is C19H23FN2O3. The summed E-state index contributed by atoms with van der Waals surface area (Å²) in [6.45, 7) is 1.92. The summed E-state index contributed by atoms with van der Waals surface area (Å²) < 4.78 is 24.3. The van der Waals surface area contributed by atoms with Crippen molar-refractivity contribution in [1.82, 2.24) is 10.2 Å². The molecule has 134 valence electrons. The van der Waals surface area contributed by atoms with Crippen LogP contribution in [0.4, 0.5) is 4.39 Å². The van der Waals surface area contributed by atoms with E-state index in [-0.39, 0.29) is 24.0 Å². The summed E-state index contributed by atoms with van der Waals surface area (Å²) in [6.07, 6.45) is 0. The van der Waals surface area contributed by atoms with Crippen molar-refractivity contribution >= 4 is 5.91 Å². The summed E-state index contributed by atoms with van der Waals surface area (Å²) in [7, 11) is 1.81. The lowest BCUT2D eigenvalue weighted by Crippen LogP contribution is -2.38. The van der Waals surface area contributed by atoms with Gasteiger partial charge in [0, 0.05) is 6.54 Å². The molecule has 1 amide bonds. The summed E-state index contributed by atoms with van der Waals surface area (Å²) in [6, 6.07) is 15.7. The van der Waals surface area contributed by atoms with Crippen LogP contribution in [0.1, 0.15) is 0 Å². The standard InChI is InChI=1S/C19H23FN2O3/c1-22(12-14-25-18-10-6-5-9-17(18)20)15-19(23)21-11-13-24-16-7-3-2-4-8-16/h2-10H,11-15H2,1H3,(H,21,23). The molecule has 0 bridgehead atoms. The van der Waals surface area contributed by atoms with Crippen LogP contribution in [-0.4, -0.2) is 50.7 Å². The van der Waals surface area contributed by atoms with E-state index in [4.69, 9.17) is 9.47 Å². The molecule has 2 aromatic rings. The topological polar surface area (TPSA) is 50.8 Å². The van der Waals surface area contributed by atoms with E-state index in [2.05, 4.69) is 5.32 Å². The molecule has 25 heavy (non-hydrogen) atoms. The van der Waals surface area contributed by atoms with Gasteiger partial charge in [-0.2, -0.15) is 0 Å². The highest BCUT2D eigenvalue weighted by molar-refractivity contribution is 5.77. The summed E-state index contributed by atoms with van der Waals surface area (Å²) >= 11 is 0. The molecule has 2 rings (SSSR count). The fourth-order valence-corrected chi connectivity index (χ4v) is 2.13. The Bertz CT molecular complexity index is 652. The monoisotopic (exact) mass is 346 g/mol. The van der Waals surface area contributed by atoms with Crippen molar-refractivity contribution in [3.05, 3.63) is 60.4 Å². The Hall–Kier alpha value is -2.60. The fourth-order valence-electron chi connectivity index (χ4n) is 2.13. The van der Waals surface area contributed by atoms with Crippen molar-refractivity contribution in [2.24, 2.45) is 0 Å². The molecule has 0 radical (unpaired) electrons. The zero-order valence-electron chi connectivity index (χ0n) is 14.3. The van der Waals surface area contributed by atoms with Crippen molar-refractivity contribution in [1.29, 1.82) is 0 Å². The van der Waals surface area contributed by atoms with Gasteiger partial charge in [-0.1, -0.05) is 30.3 Å². The molecule has 0 aromatic heterocycles. The SMILES string of the molecule is CN(CCOc1ccccc1F)CC(=O)NCCOc1ccccc1. The summed E-state index contributed by atoms with van der Waals surface area (Å²) in [5.41, 5.74) is 0. The molecule has 0 fully saturated rings. The maximum atomic E-state index is 13.4. The Labute approximate surface area is 147 Å². The fraction of sp³-hybridized carbons (Fsp3) is 0.316. The van der Waals surface area contributed by atoms with Crippen LogP contribution in [-0.2, 0) is 4.79 Å². The van der Waals surface area contributed by atoms with Crippen LogP contribution in [0, 0.1) is 5.82 Å². The lowest BCUT2D eigenvalue weighted by molar-refractivity contribution is -0.122. The van der Waals surface area contributed by atoms with Crippen molar-refractivity contribution < 1.29 is 18.7 Å². The third-order valence-corrected chi connectivity index (χ3v) is 3.42. The average molecular weight is 346 g/mol. The summed E-state index contributed by atoms with van der Waals surface area (Å²) in [5.74, 6) is 0.518. The number of carbonyl (C=O) groups excluding carboxylic acids is 1. The van der Waals surface area contributed by atoms with E-state index in [1.165, 1.54) is 6.07 Å². The van der Waals surface area contributed by atoms with Gasteiger partial charge >= 0.3 is 0 Å². The second-order valence-corrected chi connectivity index (χ2v) is 5.53. The first-order chi connectivity index (χ1) is 12.1. The number of para-hydroxylation sites is 2. The predicted molar refractivity (Wildman–Crippen MR) is 94.3 cm³/mol. The molecule has 0 unspecified atom stereocenters. The molecule has 2 aromatic carbocycles. The lowest BCUT2D eigenvalue weighted by Gasteiger charge is -2.17. The van der Waals surface area contributed by atoms with Crippen molar-refractivity contribution in [3.8, 4) is 11.5 Å². The minimum atomic E-state index is -0.388. The van der Waals surface area contributed by atoms with Gasteiger partial charge in [0.05, 0.1) is 13.1 Å². The number of hydrogen-bond acceptors (Lipinski definition) is 4. The highest BCUT2D eigenvalue weighted by Gasteiger charge is 2.07. The number of benzene rings is 2. The molecule has 1 N–H and O–H groups in total. The van der Waals surface area contributed by atoms with Gasteiger partial charge in [0.15, 0.2) is 11.6 Å². The van der Waals surface area contributed by atoms with Gasteiger partial charge in [0.1, 0.15) is 19.0 Å². The number of nitrogens with one attached hydrogen (secondary N) is 1. The molecule has 0 aliphatic carbocycles. The number of halogens is 1. The molecule has 0 saturated carbocycles. The number of likely N-dealkylation sites (N-methyl/N-ethyl adjacent to an activating group) is 1. The normalized spacial score (nSPS) is 10.5. The Morgan fingerprint density at radius 1 is 1.04 bits per heavy atom. The Balaban J connectivity index is 1.56. The number of nitrogens with zero attached hydrogens (tertiary/aromatic N) is 1. The predicted octanol–water partition coefficient (Wildman–Crippen LogP) is 2.33. The largest absolute Gasteiger partial charge is 0.492 e. The number of hydrogen-bond donors (Lipinski definition) is 1. The lowest BCUT2D eigenvalue weighted by atomic mass is 10.3. The first kappa shape index (κ1) is 18.7. The van der Waals surface area contributed by atoms with Crippen LogP contribution < -0.4 is 14.8 Å². The van der Waals surface area contributed by atoms with Gasteiger partial charge in [0.25, 0.3) is 0 Å². The molecule has 5 nitrogen and oxygen atoms in total. The Kier molecular flexibility index (Phi) is 7.72. The van der Waals surface area contributed by atoms with Crippen molar-refractivity contribution in [2.75, 3.05) is 39.9 Å². The maximum Gasteiger partial charge on any atom is 0.234 e. The molecular weight excluding hydrogens is 323 g/mol. The van der Waals surface area contributed by atoms with Gasteiger partial charge in [-0.25, -0.2) is 4.39 Å². The van der Waals surface area contributed by atoms with Gasteiger partial charge in [-0.3, -0.25) is 9.69 Å². The van der Waals surface area contributed by atoms with Crippen molar-refractivity contribution in [3.63, 3.8) is 0 Å². The van der Waals surface area contributed by atoms with Gasteiger partial charge in [-0.15, -0.1) is 0 Å². The summed E-state index contributed by atoms with van der Waals surface area (Å²) in [4.78, 5) is 13.7. The van der Waals surface area contributed by atoms with E-state index in [0.717, 1.165) is 5.75 Å². The maximum absolute atomic E-state index is 13.4. The van der Waals surface area contributed by atoms with E-state index >= 15 is 0 Å². The van der Waals surface area contributed by atoms with E-state index in [1.54, 1.807) is 18.2 Å². The highest BCUT2D eigenvalue weighted by Crippen LogP contribution is 2.14. The van der Waals surface area contributed by atoms with E-state index in [9.17, 15) is 9.18 Å². The number of carbonyl (C=O) groups is 1. The minimum absolute atomic E-state index is 0.0925. The highest BCUT2D eigenvalue weighted by atomic mass is 19.1. The first-order valence-corrected chi connectivity index (χ1v) is 8.15. The van der Waals surface area contributed by atoms with Crippen LogP contribution in [0.15, 0.2) is 54.6 Å². The van der Waals surface area contributed by atoms with Gasteiger partial charge in [0.2, 0.25) is 5.91 Å². The number of rotatable bonds is 10. The van der Waals surface area contributed by atoms with E-state index in [0.29, 0.717) is 26.3 Å². The third-order valence-electron chi connectivity index (χ3n) is 3.42. The Morgan fingerprint density at radius 2 is 1.76 bits per heavy atom. The van der Waals surface area contributed by atoms with E-state index in [1.807, 2.05) is 42.3 Å². The number of ether oxygens (including phenoxy) is 2. The number of amides is 1. The Morgan fingerprint density at radius 3 is 2.52 bits per heavy atom. The van der Waals surface area contributed by atoms with Crippen LogP contribution in [0.5, 0.6) is 11.5 Å².